The molecule has 0 spiro atoms. The van der Waals surface area contributed by atoms with Gasteiger partial charge in [-0.05, 0) is 31.2 Å². The normalized spacial score (nSPS) is 12.4. The second kappa shape index (κ2) is 5.67. The summed E-state index contributed by atoms with van der Waals surface area (Å²) in [6.07, 6.45) is 1.24. The van der Waals surface area contributed by atoms with Crippen LogP contribution in [0, 0.1) is 0 Å². The van der Waals surface area contributed by atoms with Gasteiger partial charge in [-0.15, -0.1) is 0 Å². The van der Waals surface area contributed by atoms with Crippen LogP contribution in [0.1, 0.15) is 18.6 Å². The summed E-state index contributed by atoms with van der Waals surface area (Å²) in [6.45, 7) is 1.75. The summed E-state index contributed by atoms with van der Waals surface area (Å²) in [6, 6.07) is 11.8. The summed E-state index contributed by atoms with van der Waals surface area (Å²) < 4.78 is 1.04. The highest BCUT2D eigenvalue weighted by Gasteiger charge is 2.09. The molecule has 0 fully saturated rings. The predicted octanol–water partition coefficient (Wildman–Crippen LogP) is 4.05. The van der Waals surface area contributed by atoms with E-state index in [0.29, 0.717) is 0 Å². The average Bonchev–Trinajstić information content (AvgIpc) is 2.29. The number of hydrogen-bond acceptors (Lipinski definition) is 3. The Hall–Kier alpha value is -0.840. The first-order valence-electron chi connectivity index (χ1n) is 5.23. The van der Waals surface area contributed by atoms with Gasteiger partial charge >= 0.3 is 0 Å². The smallest absolute Gasteiger partial charge is 0.106 e. The fourth-order valence-corrected chi connectivity index (χ4v) is 3.03. The Kier molecular flexibility index (Phi) is 4.20. The molecule has 0 saturated heterocycles. The molecule has 1 atom stereocenters. The molecule has 4 heteroatoms. The Balaban J connectivity index is 2.30. The van der Waals surface area contributed by atoms with Crippen LogP contribution in [0.5, 0.6) is 0 Å². The van der Waals surface area contributed by atoms with Gasteiger partial charge in [-0.3, -0.25) is 0 Å². The highest BCUT2D eigenvalue weighted by Crippen LogP contribution is 2.32. The first-order chi connectivity index (χ1) is 8.16. The van der Waals surface area contributed by atoms with Gasteiger partial charge in [-0.25, -0.2) is 4.98 Å². The first kappa shape index (κ1) is 12.6. The van der Waals surface area contributed by atoms with E-state index in [1.807, 2.05) is 36.4 Å². The average molecular weight is 310 g/mol. The van der Waals surface area contributed by atoms with Crippen molar-refractivity contribution in [2.24, 2.45) is 0 Å². The summed E-state index contributed by atoms with van der Waals surface area (Å²) in [5, 5.41) is 10.5. The van der Waals surface area contributed by atoms with Gasteiger partial charge in [0.1, 0.15) is 5.03 Å². The van der Waals surface area contributed by atoms with Crippen LogP contribution in [0.15, 0.2) is 57.0 Å². The number of aromatic nitrogens is 1. The molecule has 2 aromatic rings. The Morgan fingerprint density at radius 1 is 1.29 bits per heavy atom. The van der Waals surface area contributed by atoms with E-state index < -0.39 is 6.10 Å². The third-order valence-corrected chi connectivity index (χ3v) is 3.78. The molecule has 0 saturated carbocycles. The summed E-state index contributed by atoms with van der Waals surface area (Å²) in [7, 11) is 0. The number of aliphatic hydroxyl groups is 1. The SMILES string of the molecule is C[C@@H](O)c1cccnc1Sc1cccc(Br)c1. The zero-order chi connectivity index (χ0) is 12.3. The van der Waals surface area contributed by atoms with Crippen molar-refractivity contribution in [2.45, 2.75) is 22.9 Å². The molecule has 17 heavy (non-hydrogen) atoms. The molecule has 88 valence electrons. The van der Waals surface area contributed by atoms with Crippen LogP contribution in [0.25, 0.3) is 0 Å². The highest BCUT2D eigenvalue weighted by molar-refractivity contribution is 9.10. The molecule has 1 heterocycles. The van der Waals surface area contributed by atoms with Crippen LogP contribution in [0.4, 0.5) is 0 Å². The lowest BCUT2D eigenvalue weighted by Crippen LogP contribution is -1.95. The first-order valence-corrected chi connectivity index (χ1v) is 6.84. The molecule has 0 aliphatic carbocycles. The van der Waals surface area contributed by atoms with E-state index in [1.54, 1.807) is 24.9 Å². The molecule has 1 aromatic carbocycles. The lowest BCUT2D eigenvalue weighted by Gasteiger charge is -2.10. The van der Waals surface area contributed by atoms with Gasteiger partial charge in [0.15, 0.2) is 0 Å². The molecule has 0 aliphatic rings. The molecule has 0 radical (unpaired) electrons. The van der Waals surface area contributed by atoms with Crippen molar-refractivity contribution in [1.82, 2.24) is 4.98 Å². The van der Waals surface area contributed by atoms with Crippen molar-refractivity contribution in [1.29, 1.82) is 0 Å². The molecule has 1 aromatic heterocycles. The van der Waals surface area contributed by atoms with Crippen LogP contribution in [0.3, 0.4) is 0 Å². The minimum atomic E-state index is -0.502. The number of rotatable bonds is 3. The zero-order valence-electron chi connectivity index (χ0n) is 9.30. The lowest BCUT2D eigenvalue weighted by atomic mass is 10.2. The Labute approximate surface area is 113 Å². The number of nitrogens with zero attached hydrogens (tertiary/aromatic N) is 1. The lowest BCUT2D eigenvalue weighted by molar-refractivity contribution is 0.195. The maximum Gasteiger partial charge on any atom is 0.106 e. The topological polar surface area (TPSA) is 33.1 Å². The largest absolute Gasteiger partial charge is 0.389 e. The van der Waals surface area contributed by atoms with Crippen LogP contribution < -0.4 is 0 Å². The van der Waals surface area contributed by atoms with Crippen molar-refractivity contribution in [3.63, 3.8) is 0 Å². The number of benzene rings is 1. The van der Waals surface area contributed by atoms with Gasteiger partial charge in [0.25, 0.3) is 0 Å². The molecule has 2 nitrogen and oxygen atoms in total. The van der Waals surface area contributed by atoms with Gasteiger partial charge in [0.05, 0.1) is 6.10 Å². The summed E-state index contributed by atoms with van der Waals surface area (Å²) >= 11 is 5.00. The van der Waals surface area contributed by atoms with Gasteiger partial charge in [0, 0.05) is 21.1 Å². The standard InChI is InChI=1S/C13H12BrNOS/c1-9(16)12-6-3-7-15-13(12)17-11-5-2-4-10(14)8-11/h2-9,16H,1H3/t9-/m1/s1. The zero-order valence-corrected chi connectivity index (χ0v) is 11.7. The van der Waals surface area contributed by atoms with Crippen LogP contribution in [-0.2, 0) is 0 Å². The molecule has 0 bridgehead atoms. The molecule has 0 amide bonds. The van der Waals surface area contributed by atoms with Crippen LogP contribution >= 0.6 is 27.7 Å². The summed E-state index contributed by atoms with van der Waals surface area (Å²) in [4.78, 5) is 5.41. The van der Waals surface area contributed by atoms with Crippen molar-refractivity contribution < 1.29 is 5.11 Å². The maximum atomic E-state index is 9.67. The van der Waals surface area contributed by atoms with E-state index in [1.165, 1.54) is 0 Å². The second-order valence-corrected chi connectivity index (χ2v) is 5.61. The van der Waals surface area contributed by atoms with Crippen molar-refractivity contribution in [2.75, 3.05) is 0 Å². The molecular weight excluding hydrogens is 298 g/mol. The van der Waals surface area contributed by atoms with E-state index >= 15 is 0 Å². The quantitative estimate of drug-likeness (QED) is 0.928. The monoisotopic (exact) mass is 309 g/mol. The second-order valence-electron chi connectivity index (χ2n) is 3.63. The highest BCUT2D eigenvalue weighted by atomic mass is 79.9. The van der Waals surface area contributed by atoms with Gasteiger partial charge in [-0.1, -0.05) is 39.8 Å². The van der Waals surface area contributed by atoms with E-state index in [2.05, 4.69) is 20.9 Å². The molecule has 0 aliphatic heterocycles. The minimum Gasteiger partial charge on any atom is -0.389 e. The number of pyridine rings is 1. The summed E-state index contributed by atoms with van der Waals surface area (Å²) in [5.74, 6) is 0. The van der Waals surface area contributed by atoms with Crippen molar-refractivity contribution in [3.8, 4) is 0 Å². The predicted molar refractivity (Wildman–Crippen MR) is 73.1 cm³/mol. The Morgan fingerprint density at radius 3 is 2.82 bits per heavy atom. The number of aliphatic hydroxyl groups excluding tert-OH is 1. The molecule has 0 unspecified atom stereocenters. The third-order valence-electron chi connectivity index (χ3n) is 2.26. The van der Waals surface area contributed by atoms with Crippen LogP contribution in [-0.4, -0.2) is 10.1 Å². The van der Waals surface area contributed by atoms with Gasteiger partial charge in [0.2, 0.25) is 0 Å². The van der Waals surface area contributed by atoms with Crippen LogP contribution in [0.2, 0.25) is 0 Å². The summed E-state index contributed by atoms with van der Waals surface area (Å²) in [5.41, 5.74) is 0.859. The fourth-order valence-electron chi connectivity index (χ4n) is 1.45. The van der Waals surface area contributed by atoms with Crippen molar-refractivity contribution >= 4 is 27.7 Å². The molecule has 1 N–H and O–H groups in total. The number of halogens is 1. The maximum absolute atomic E-state index is 9.67. The molecular formula is C13H12BrNOS. The van der Waals surface area contributed by atoms with E-state index in [9.17, 15) is 5.11 Å². The van der Waals surface area contributed by atoms with E-state index in [4.69, 9.17) is 0 Å². The Bertz CT molecular complexity index is 516. The molecule has 2 rings (SSSR count). The van der Waals surface area contributed by atoms with Crippen molar-refractivity contribution in [3.05, 3.63) is 52.6 Å². The third kappa shape index (κ3) is 3.31. The minimum absolute atomic E-state index is 0.502. The Morgan fingerprint density at radius 2 is 2.12 bits per heavy atom. The van der Waals surface area contributed by atoms with Gasteiger partial charge in [-0.2, -0.15) is 0 Å². The van der Waals surface area contributed by atoms with E-state index in [0.717, 1.165) is 20.0 Å². The van der Waals surface area contributed by atoms with Gasteiger partial charge < -0.3 is 5.11 Å². The number of hydrogen-bond donors (Lipinski definition) is 1. The van der Waals surface area contributed by atoms with E-state index in [-0.39, 0.29) is 0 Å². The fraction of sp³-hybridized carbons (Fsp3) is 0.154.